The lowest BCUT2D eigenvalue weighted by molar-refractivity contribution is -0.614. The van der Waals surface area contributed by atoms with Gasteiger partial charge in [-0.1, -0.05) is 30.2 Å². The molecule has 5 rings (SSSR count). The van der Waals surface area contributed by atoms with Gasteiger partial charge in [-0.15, -0.1) is 0 Å². The number of anilines is 1. The van der Waals surface area contributed by atoms with Gasteiger partial charge in [-0.2, -0.15) is 4.73 Å². The number of nitrogens with zero attached hydrogens (tertiary/aromatic N) is 1. The lowest BCUT2D eigenvalue weighted by atomic mass is 9.86. The average molecular weight is 613 g/mol. The van der Waals surface area contributed by atoms with Crippen LogP contribution in [-0.2, 0) is 20.7 Å². The predicted molar refractivity (Wildman–Crippen MR) is 152 cm³/mol. The van der Waals surface area contributed by atoms with Gasteiger partial charge in [0.05, 0.1) is 35.6 Å². The number of aromatic nitrogens is 1. The molecule has 1 atom stereocenters. The second-order valence-electron chi connectivity index (χ2n) is 10.2. The van der Waals surface area contributed by atoms with Gasteiger partial charge in [-0.3, -0.25) is 9.59 Å². The third-order valence-electron chi connectivity index (χ3n) is 7.46. The number of hydrogen-bond donors (Lipinski definition) is 1. The topological polar surface area (TPSA) is 82.3 Å². The third-order valence-corrected chi connectivity index (χ3v) is 7.75. The van der Waals surface area contributed by atoms with Crippen LogP contribution in [-0.4, -0.2) is 19.0 Å². The number of hydrogen-bond acceptors (Lipinski definition) is 4. The van der Waals surface area contributed by atoms with Crippen molar-refractivity contribution in [3.05, 3.63) is 111 Å². The number of ether oxygens (including phenoxy) is 1. The van der Waals surface area contributed by atoms with Crippen LogP contribution in [0.25, 0.3) is 22.3 Å². The molecule has 222 valence electrons. The first-order chi connectivity index (χ1) is 20.6. The van der Waals surface area contributed by atoms with Crippen molar-refractivity contribution in [1.29, 1.82) is 0 Å². The highest BCUT2D eigenvalue weighted by molar-refractivity contribution is 6.31. The smallest absolute Gasteiger partial charge is 0.309 e. The van der Waals surface area contributed by atoms with E-state index in [1.165, 1.54) is 37.4 Å². The molecule has 0 spiro atoms. The maximum absolute atomic E-state index is 15.3. The van der Waals surface area contributed by atoms with Crippen molar-refractivity contribution in [1.82, 2.24) is 0 Å². The number of benzene rings is 3. The van der Waals surface area contributed by atoms with E-state index in [0.29, 0.717) is 35.1 Å². The molecule has 2 heterocycles. The fourth-order valence-electron chi connectivity index (χ4n) is 5.32. The quantitative estimate of drug-likeness (QED) is 0.0867. The number of carbonyl (C=O) groups excluding carboxylic acids is 2. The molecule has 0 radical (unpaired) electrons. The largest absolute Gasteiger partial charge is 0.618 e. The van der Waals surface area contributed by atoms with E-state index >= 15 is 8.78 Å². The fourth-order valence-corrected chi connectivity index (χ4v) is 5.48. The highest BCUT2D eigenvalue weighted by Gasteiger charge is 2.28. The monoisotopic (exact) mass is 612 g/mol. The second-order valence-corrected chi connectivity index (χ2v) is 10.6. The molecule has 1 aliphatic heterocycles. The van der Waals surface area contributed by atoms with E-state index < -0.39 is 40.7 Å². The predicted octanol–water partition coefficient (Wildman–Crippen LogP) is 7.22. The number of amides is 1. The molecule has 1 N–H and O–H groups in total. The van der Waals surface area contributed by atoms with Crippen LogP contribution in [0.2, 0.25) is 5.02 Å². The Morgan fingerprint density at radius 1 is 1.00 bits per heavy atom. The molecule has 0 aliphatic carbocycles. The maximum atomic E-state index is 15.3. The highest BCUT2D eigenvalue weighted by atomic mass is 35.5. The lowest BCUT2D eigenvalue weighted by Gasteiger charge is -2.21. The fraction of sp³-hybridized carbons (Fsp3) is 0.219. The molecule has 11 heteroatoms. The van der Waals surface area contributed by atoms with Crippen molar-refractivity contribution < 1.29 is 36.6 Å². The Morgan fingerprint density at radius 2 is 1.79 bits per heavy atom. The number of carbonyl (C=O) groups is 2. The molecule has 3 aromatic carbocycles. The van der Waals surface area contributed by atoms with Crippen LogP contribution in [0.3, 0.4) is 0 Å². The molecule has 1 aliphatic rings. The molecular weight excluding hydrogens is 588 g/mol. The molecule has 1 aromatic heterocycles. The van der Waals surface area contributed by atoms with Crippen molar-refractivity contribution in [2.45, 2.75) is 38.0 Å². The van der Waals surface area contributed by atoms with Gasteiger partial charge in [0.25, 0.3) is 0 Å². The van der Waals surface area contributed by atoms with Crippen LogP contribution in [0.5, 0.6) is 0 Å². The Kier molecular flexibility index (Phi) is 8.68. The van der Waals surface area contributed by atoms with E-state index in [9.17, 15) is 23.6 Å². The summed E-state index contributed by atoms with van der Waals surface area (Å²) in [5, 5.41) is 15.7. The van der Waals surface area contributed by atoms with E-state index in [1.807, 2.05) is 0 Å². The van der Waals surface area contributed by atoms with E-state index in [1.54, 1.807) is 6.07 Å². The summed E-state index contributed by atoms with van der Waals surface area (Å²) in [5.41, 5.74) is 0.618. The summed E-state index contributed by atoms with van der Waals surface area (Å²) in [7, 11) is 1.24. The van der Waals surface area contributed by atoms with Gasteiger partial charge in [0.15, 0.2) is 29.3 Å². The highest BCUT2D eigenvalue weighted by Crippen LogP contribution is 2.38. The lowest BCUT2D eigenvalue weighted by Crippen LogP contribution is -2.34. The molecule has 0 saturated heterocycles. The zero-order chi connectivity index (χ0) is 30.8. The number of pyridine rings is 1. The maximum Gasteiger partial charge on any atom is 0.309 e. The Labute approximate surface area is 249 Å². The number of rotatable bonds is 4. The summed E-state index contributed by atoms with van der Waals surface area (Å²) in [6.45, 7) is 0. The average Bonchev–Trinajstić information content (AvgIpc) is 2.97. The molecule has 43 heavy (non-hydrogen) atoms. The number of esters is 1. The van der Waals surface area contributed by atoms with E-state index in [2.05, 4.69) is 5.32 Å². The molecule has 0 saturated carbocycles. The second kappa shape index (κ2) is 12.4. The molecule has 2 bridgehead atoms. The number of fused-ring (bicyclic) bond motifs is 4. The van der Waals surface area contributed by atoms with E-state index in [-0.39, 0.29) is 51.8 Å². The SMILES string of the molecule is COC(=O)Cc1ccc2c(c1)NC(=O)CCCC[C@H](c1ccc(-c3c(F)ccc(Cl)c3F)c[n+]1[O-])c1cc(F)c(F)c-2c1. The summed E-state index contributed by atoms with van der Waals surface area (Å²) in [6.07, 6.45) is 2.19. The Morgan fingerprint density at radius 3 is 2.53 bits per heavy atom. The van der Waals surface area contributed by atoms with Gasteiger partial charge < -0.3 is 15.3 Å². The van der Waals surface area contributed by atoms with Crippen molar-refractivity contribution in [2.24, 2.45) is 0 Å². The van der Waals surface area contributed by atoms with E-state index in [4.69, 9.17) is 16.3 Å². The van der Waals surface area contributed by atoms with Gasteiger partial charge in [-0.05, 0) is 60.4 Å². The number of halogens is 5. The Hall–Kier alpha value is -4.44. The number of methoxy groups -OCH3 is 1. The minimum atomic E-state index is -1.16. The standard InChI is InChI=1S/C32H25ClF4N2O4/c1-43-29(41)13-17-6-8-21-22-14-19(15-25(35)31(22)36)20(4-2-3-5-28(40)38-26(21)12-17)27-11-7-18(16-39(27)42)30-24(34)10-9-23(33)32(30)37/h6-12,14-16,20H,2-5,13H2,1H3,(H,38,40)/t20-/m0/s1. The summed E-state index contributed by atoms with van der Waals surface area (Å²) >= 11 is 5.82. The molecule has 1 amide bonds. The van der Waals surface area contributed by atoms with Gasteiger partial charge in [0.1, 0.15) is 5.82 Å². The van der Waals surface area contributed by atoms with Gasteiger partial charge >= 0.3 is 5.97 Å². The van der Waals surface area contributed by atoms with Crippen molar-refractivity contribution in [2.75, 3.05) is 12.4 Å². The molecule has 6 nitrogen and oxygen atoms in total. The normalized spacial score (nSPS) is 15.1. The molecule has 0 fully saturated rings. The van der Waals surface area contributed by atoms with Gasteiger partial charge in [-0.25, -0.2) is 17.6 Å². The van der Waals surface area contributed by atoms with Crippen LogP contribution < -0.4 is 10.0 Å². The van der Waals surface area contributed by atoms with Gasteiger partial charge in [0, 0.05) is 29.3 Å². The minimum Gasteiger partial charge on any atom is -0.618 e. The van der Waals surface area contributed by atoms with Crippen LogP contribution in [0.4, 0.5) is 23.2 Å². The summed E-state index contributed by atoms with van der Waals surface area (Å²) in [5.74, 6) is -5.87. The van der Waals surface area contributed by atoms with Crippen LogP contribution in [0.15, 0.2) is 60.8 Å². The molecule has 4 aromatic rings. The zero-order valence-electron chi connectivity index (χ0n) is 22.9. The van der Waals surface area contributed by atoms with Crippen molar-refractivity contribution in [3.63, 3.8) is 0 Å². The van der Waals surface area contributed by atoms with Crippen LogP contribution in [0.1, 0.15) is 48.4 Å². The first-order valence-corrected chi connectivity index (χ1v) is 13.8. The summed E-state index contributed by atoms with van der Waals surface area (Å²) < 4.78 is 64.8. The zero-order valence-corrected chi connectivity index (χ0v) is 23.6. The van der Waals surface area contributed by atoms with Crippen LogP contribution in [0, 0.1) is 28.5 Å². The van der Waals surface area contributed by atoms with E-state index in [0.717, 1.165) is 24.4 Å². The van der Waals surface area contributed by atoms with Crippen molar-refractivity contribution in [3.8, 4) is 22.3 Å². The van der Waals surface area contributed by atoms with Crippen LogP contribution >= 0.6 is 11.6 Å². The van der Waals surface area contributed by atoms with Gasteiger partial charge in [0.2, 0.25) is 5.91 Å². The first kappa shape index (κ1) is 30.0. The molecular formula is C32H25ClF4N2O4. The molecule has 0 unspecified atom stereocenters. The van der Waals surface area contributed by atoms with Crippen molar-refractivity contribution >= 4 is 29.2 Å². The summed E-state index contributed by atoms with van der Waals surface area (Å²) in [6, 6.07) is 11.8. The number of nitrogens with one attached hydrogen (secondary N) is 1. The first-order valence-electron chi connectivity index (χ1n) is 13.4. The third kappa shape index (κ3) is 6.19. The Balaban J connectivity index is 1.63. The summed E-state index contributed by atoms with van der Waals surface area (Å²) in [4.78, 5) is 24.6. The Bertz CT molecular complexity index is 1750. The minimum absolute atomic E-state index is 0.0521.